The summed E-state index contributed by atoms with van der Waals surface area (Å²) in [6.45, 7) is 13.3. The summed E-state index contributed by atoms with van der Waals surface area (Å²) in [5.41, 5.74) is 1.13. The molecule has 90 valence electrons. The van der Waals surface area contributed by atoms with Crippen LogP contribution in [0.3, 0.4) is 0 Å². The van der Waals surface area contributed by atoms with E-state index in [0.717, 1.165) is 24.5 Å². The zero-order valence-electron chi connectivity index (χ0n) is 10.1. The van der Waals surface area contributed by atoms with Crippen molar-refractivity contribution in [2.75, 3.05) is 24.6 Å². The normalized spacial score (nSPS) is 9.41. The van der Waals surface area contributed by atoms with Crippen LogP contribution in [0.15, 0.2) is 62.2 Å². The van der Waals surface area contributed by atoms with Crippen LogP contribution in [-0.4, -0.2) is 19.7 Å². The summed E-state index contributed by atoms with van der Waals surface area (Å²) in [6.07, 6.45) is 5.49. The van der Waals surface area contributed by atoms with Crippen LogP contribution in [0.1, 0.15) is 0 Å². The SMILES string of the molecule is C=CCOc1ccc(N(CC=C)CC=C)cc1. The maximum absolute atomic E-state index is 5.43. The molecule has 0 unspecified atom stereocenters. The van der Waals surface area contributed by atoms with Gasteiger partial charge in [0.05, 0.1) is 0 Å². The van der Waals surface area contributed by atoms with E-state index >= 15 is 0 Å². The van der Waals surface area contributed by atoms with Crippen molar-refractivity contribution in [3.05, 3.63) is 62.2 Å². The largest absolute Gasteiger partial charge is 0.490 e. The fourth-order valence-electron chi connectivity index (χ4n) is 1.51. The van der Waals surface area contributed by atoms with Crippen molar-refractivity contribution in [2.45, 2.75) is 0 Å². The summed E-state index contributed by atoms with van der Waals surface area (Å²) in [7, 11) is 0. The van der Waals surface area contributed by atoms with Gasteiger partial charge in [-0.2, -0.15) is 0 Å². The van der Waals surface area contributed by atoms with E-state index in [9.17, 15) is 0 Å². The van der Waals surface area contributed by atoms with Gasteiger partial charge in [0, 0.05) is 18.8 Å². The highest BCUT2D eigenvalue weighted by atomic mass is 16.5. The first-order valence-electron chi connectivity index (χ1n) is 5.62. The molecule has 2 nitrogen and oxygen atoms in total. The third-order valence-electron chi connectivity index (χ3n) is 2.27. The molecule has 0 spiro atoms. The Kier molecular flexibility index (Phi) is 5.66. The van der Waals surface area contributed by atoms with Crippen molar-refractivity contribution in [1.82, 2.24) is 0 Å². The maximum atomic E-state index is 5.43. The van der Waals surface area contributed by atoms with Gasteiger partial charge in [-0.1, -0.05) is 24.8 Å². The van der Waals surface area contributed by atoms with Crippen LogP contribution in [0.4, 0.5) is 5.69 Å². The zero-order chi connectivity index (χ0) is 12.5. The van der Waals surface area contributed by atoms with Crippen LogP contribution in [0.5, 0.6) is 5.75 Å². The Morgan fingerprint density at radius 3 is 2.00 bits per heavy atom. The molecule has 17 heavy (non-hydrogen) atoms. The van der Waals surface area contributed by atoms with E-state index in [0.29, 0.717) is 6.61 Å². The molecule has 0 N–H and O–H groups in total. The van der Waals surface area contributed by atoms with Gasteiger partial charge in [-0.05, 0) is 24.3 Å². The number of ether oxygens (including phenoxy) is 1. The molecule has 0 heterocycles. The van der Waals surface area contributed by atoms with E-state index in [1.54, 1.807) is 6.08 Å². The minimum Gasteiger partial charge on any atom is -0.490 e. The average molecular weight is 229 g/mol. The maximum Gasteiger partial charge on any atom is 0.119 e. The van der Waals surface area contributed by atoms with E-state index in [1.807, 2.05) is 36.4 Å². The van der Waals surface area contributed by atoms with E-state index in [-0.39, 0.29) is 0 Å². The molecule has 0 aromatic heterocycles. The summed E-state index contributed by atoms with van der Waals surface area (Å²) < 4.78 is 5.43. The highest BCUT2D eigenvalue weighted by molar-refractivity contribution is 5.50. The van der Waals surface area contributed by atoms with Crippen LogP contribution in [-0.2, 0) is 0 Å². The predicted molar refractivity (Wildman–Crippen MR) is 74.7 cm³/mol. The van der Waals surface area contributed by atoms with Gasteiger partial charge >= 0.3 is 0 Å². The molecule has 1 aromatic rings. The summed E-state index contributed by atoms with van der Waals surface area (Å²) in [5.74, 6) is 0.853. The second kappa shape index (κ2) is 7.34. The monoisotopic (exact) mass is 229 g/mol. The Bertz CT molecular complexity index is 357. The van der Waals surface area contributed by atoms with Gasteiger partial charge in [-0.15, -0.1) is 13.2 Å². The summed E-state index contributed by atoms with van der Waals surface area (Å²) in [5, 5.41) is 0. The fraction of sp³-hybridized carbons (Fsp3) is 0.200. The van der Waals surface area contributed by atoms with Crippen LogP contribution in [0.25, 0.3) is 0 Å². The van der Waals surface area contributed by atoms with E-state index in [2.05, 4.69) is 24.6 Å². The van der Waals surface area contributed by atoms with E-state index < -0.39 is 0 Å². The molecule has 0 atom stereocenters. The average Bonchev–Trinajstić information content (AvgIpc) is 2.37. The summed E-state index contributed by atoms with van der Waals surface area (Å²) in [6, 6.07) is 7.98. The summed E-state index contributed by atoms with van der Waals surface area (Å²) in [4.78, 5) is 2.18. The lowest BCUT2D eigenvalue weighted by Crippen LogP contribution is -2.22. The number of hydrogen-bond acceptors (Lipinski definition) is 2. The number of rotatable bonds is 8. The lowest BCUT2D eigenvalue weighted by Gasteiger charge is -2.21. The van der Waals surface area contributed by atoms with Gasteiger partial charge in [0.15, 0.2) is 0 Å². The van der Waals surface area contributed by atoms with Crippen LogP contribution < -0.4 is 9.64 Å². The van der Waals surface area contributed by atoms with Crippen LogP contribution in [0.2, 0.25) is 0 Å². The molecular weight excluding hydrogens is 210 g/mol. The molecule has 2 heteroatoms. The lowest BCUT2D eigenvalue weighted by molar-refractivity contribution is 0.363. The third kappa shape index (κ3) is 4.19. The number of anilines is 1. The van der Waals surface area contributed by atoms with E-state index in [1.165, 1.54) is 0 Å². The lowest BCUT2D eigenvalue weighted by atomic mass is 10.2. The molecule has 0 aliphatic heterocycles. The topological polar surface area (TPSA) is 12.5 Å². The minimum atomic E-state index is 0.530. The van der Waals surface area contributed by atoms with Crippen molar-refractivity contribution in [3.63, 3.8) is 0 Å². The highest BCUT2D eigenvalue weighted by Crippen LogP contribution is 2.19. The second-order valence-electron chi connectivity index (χ2n) is 3.58. The number of benzene rings is 1. The Morgan fingerprint density at radius 1 is 0.941 bits per heavy atom. The molecule has 1 aromatic carbocycles. The van der Waals surface area contributed by atoms with Crippen molar-refractivity contribution in [2.24, 2.45) is 0 Å². The standard InChI is InChI=1S/C15H19NO/c1-4-11-16(12-5-2)14-7-9-15(10-8-14)17-13-6-3/h4-10H,1-3,11-13H2. The van der Waals surface area contributed by atoms with Gasteiger partial charge < -0.3 is 9.64 Å². The van der Waals surface area contributed by atoms with Gasteiger partial charge in [0.25, 0.3) is 0 Å². The van der Waals surface area contributed by atoms with Gasteiger partial charge in [-0.25, -0.2) is 0 Å². The van der Waals surface area contributed by atoms with Crippen LogP contribution in [0, 0.1) is 0 Å². The van der Waals surface area contributed by atoms with Gasteiger partial charge in [0.1, 0.15) is 12.4 Å². The molecule has 0 bridgehead atoms. The molecule has 0 amide bonds. The van der Waals surface area contributed by atoms with Crippen molar-refractivity contribution in [3.8, 4) is 5.75 Å². The van der Waals surface area contributed by atoms with Gasteiger partial charge in [0.2, 0.25) is 0 Å². The first-order chi connectivity index (χ1) is 8.31. The third-order valence-corrected chi connectivity index (χ3v) is 2.27. The first-order valence-corrected chi connectivity index (χ1v) is 5.62. The molecule has 0 saturated heterocycles. The van der Waals surface area contributed by atoms with Crippen molar-refractivity contribution in [1.29, 1.82) is 0 Å². The molecule has 0 fully saturated rings. The Labute approximate surface area is 104 Å². The Morgan fingerprint density at radius 2 is 1.53 bits per heavy atom. The first kappa shape index (κ1) is 13.1. The molecular formula is C15H19NO. The molecule has 0 aliphatic carbocycles. The fourth-order valence-corrected chi connectivity index (χ4v) is 1.51. The van der Waals surface area contributed by atoms with Gasteiger partial charge in [-0.3, -0.25) is 0 Å². The predicted octanol–water partition coefficient (Wildman–Crippen LogP) is 3.43. The summed E-state index contributed by atoms with van der Waals surface area (Å²) >= 11 is 0. The van der Waals surface area contributed by atoms with Crippen molar-refractivity contribution >= 4 is 5.69 Å². The van der Waals surface area contributed by atoms with Crippen LogP contribution >= 0.6 is 0 Å². The second-order valence-corrected chi connectivity index (χ2v) is 3.58. The number of hydrogen-bond donors (Lipinski definition) is 0. The molecule has 1 rings (SSSR count). The highest BCUT2D eigenvalue weighted by Gasteiger charge is 2.02. The minimum absolute atomic E-state index is 0.530. The molecule has 0 saturated carbocycles. The van der Waals surface area contributed by atoms with Crippen molar-refractivity contribution < 1.29 is 4.74 Å². The molecule has 0 radical (unpaired) electrons. The quantitative estimate of drug-likeness (QED) is 0.633. The Hall–Kier alpha value is -1.96. The Balaban J connectivity index is 2.72. The van der Waals surface area contributed by atoms with E-state index in [4.69, 9.17) is 4.74 Å². The zero-order valence-corrected chi connectivity index (χ0v) is 10.1. The number of nitrogens with zero attached hydrogens (tertiary/aromatic N) is 1. The molecule has 0 aliphatic rings. The smallest absolute Gasteiger partial charge is 0.119 e.